The quantitative estimate of drug-likeness (QED) is 0.735. The van der Waals surface area contributed by atoms with Crippen molar-refractivity contribution in [1.29, 1.82) is 0 Å². The summed E-state index contributed by atoms with van der Waals surface area (Å²) in [5.41, 5.74) is 1.51. The van der Waals surface area contributed by atoms with Crippen LogP contribution < -0.4 is 10.2 Å². The molecule has 1 atom stereocenters. The number of anilines is 2. The second kappa shape index (κ2) is 7.27. The van der Waals surface area contributed by atoms with E-state index in [1.54, 1.807) is 12.4 Å². The number of aromatic nitrogens is 4. The Morgan fingerprint density at radius 3 is 3.12 bits per heavy atom. The fourth-order valence-electron chi connectivity index (χ4n) is 3.48. The molecule has 136 valence electrons. The highest BCUT2D eigenvalue weighted by Crippen LogP contribution is 2.22. The van der Waals surface area contributed by atoms with Crippen LogP contribution in [0.1, 0.15) is 25.6 Å². The number of benzene rings is 1. The zero-order valence-electron chi connectivity index (χ0n) is 14.9. The summed E-state index contributed by atoms with van der Waals surface area (Å²) < 4.78 is 13.3. The van der Waals surface area contributed by atoms with Crippen molar-refractivity contribution >= 4 is 22.7 Å². The van der Waals surface area contributed by atoms with Crippen molar-refractivity contribution in [1.82, 2.24) is 19.9 Å². The molecule has 1 fully saturated rings. The summed E-state index contributed by atoms with van der Waals surface area (Å²) in [5, 5.41) is 3.33. The normalized spacial score (nSPS) is 17.6. The third-order valence-electron chi connectivity index (χ3n) is 4.79. The SMILES string of the molecule is CC1CCCN(c2cc(NCCc3nc4ccc(F)cc4[nH]3)ncn2)C1. The standard InChI is InChI=1S/C19H23FN6/c1-13-3-2-8-26(11-13)19-10-18(22-12-23-19)21-7-6-17-24-15-5-4-14(20)9-16(15)25-17/h4-5,9-10,12-13H,2-3,6-8,11H2,1H3,(H,24,25)(H,21,22,23). The molecule has 6 nitrogen and oxygen atoms in total. The van der Waals surface area contributed by atoms with Crippen molar-refractivity contribution in [2.75, 3.05) is 29.9 Å². The molecule has 26 heavy (non-hydrogen) atoms. The van der Waals surface area contributed by atoms with Crippen LogP contribution in [0.4, 0.5) is 16.0 Å². The Balaban J connectivity index is 1.37. The first-order valence-electron chi connectivity index (χ1n) is 9.12. The van der Waals surface area contributed by atoms with Gasteiger partial charge in [0, 0.05) is 32.1 Å². The average molecular weight is 354 g/mol. The molecule has 0 radical (unpaired) electrons. The maximum Gasteiger partial charge on any atom is 0.134 e. The minimum Gasteiger partial charge on any atom is -0.369 e. The Morgan fingerprint density at radius 1 is 1.31 bits per heavy atom. The van der Waals surface area contributed by atoms with E-state index in [1.807, 2.05) is 6.07 Å². The predicted octanol–water partition coefficient (Wildman–Crippen LogP) is 3.38. The number of hydrogen-bond acceptors (Lipinski definition) is 5. The molecule has 1 unspecified atom stereocenters. The van der Waals surface area contributed by atoms with Gasteiger partial charge in [0.2, 0.25) is 0 Å². The number of rotatable bonds is 5. The van der Waals surface area contributed by atoms with Gasteiger partial charge in [-0.25, -0.2) is 19.3 Å². The van der Waals surface area contributed by atoms with E-state index in [4.69, 9.17) is 0 Å². The van der Waals surface area contributed by atoms with E-state index in [-0.39, 0.29) is 5.82 Å². The van der Waals surface area contributed by atoms with Crippen molar-refractivity contribution in [2.24, 2.45) is 5.92 Å². The lowest BCUT2D eigenvalue weighted by atomic mass is 10.0. The summed E-state index contributed by atoms with van der Waals surface area (Å²) in [6.07, 6.45) is 4.81. The minimum absolute atomic E-state index is 0.258. The summed E-state index contributed by atoms with van der Waals surface area (Å²) >= 11 is 0. The van der Waals surface area contributed by atoms with E-state index in [1.165, 1.54) is 25.0 Å². The van der Waals surface area contributed by atoms with Gasteiger partial charge in [0.15, 0.2) is 0 Å². The molecule has 3 heterocycles. The molecule has 0 aliphatic carbocycles. The second-order valence-electron chi connectivity index (χ2n) is 6.98. The van der Waals surface area contributed by atoms with Gasteiger partial charge < -0.3 is 15.2 Å². The maximum absolute atomic E-state index is 13.3. The van der Waals surface area contributed by atoms with Crippen LogP contribution in [0, 0.1) is 11.7 Å². The molecular weight excluding hydrogens is 331 g/mol. The van der Waals surface area contributed by atoms with Crippen LogP contribution in [0.15, 0.2) is 30.6 Å². The molecule has 2 aromatic heterocycles. The van der Waals surface area contributed by atoms with Crippen molar-refractivity contribution in [3.05, 3.63) is 42.2 Å². The van der Waals surface area contributed by atoms with Crippen molar-refractivity contribution < 1.29 is 4.39 Å². The lowest BCUT2D eigenvalue weighted by Gasteiger charge is -2.31. The number of nitrogens with zero attached hydrogens (tertiary/aromatic N) is 4. The molecule has 4 rings (SSSR count). The van der Waals surface area contributed by atoms with E-state index in [0.717, 1.165) is 41.6 Å². The van der Waals surface area contributed by atoms with Gasteiger partial charge in [-0.1, -0.05) is 6.92 Å². The van der Waals surface area contributed by atoms with Crippen molar-refractivity contribution in [3.8, 4) is 0 Å². The Hall–Kier alpha value is -2.70. The third kappa shape index (κ3) is 3.76. The number of imidazole rings is 1. The molecule has 1 aliphatic heterocycles. The van der Waals surface area contributed by atoms with E-state index in [0.29, 0.717) is 18.9 Å². The fraction of sp³-hybridized carbons (Fsp3) is 0.421. The van der Waals surface area contributed by atoms with Crippen LogP contribution in [0.25, 0.3) is 11.0 Å². The van der Waals surface area contributed by atoms with Crippen molar-refractivity contribution in [2.45, 2.75) is 26.2 Å². The average Bonchev–Trinajstić information content (AvgIpc) is 3.04. The van der Waals surface area contributed by atoms with E-state index in [9.17, 15) is 4.39 Å². The van der Waals surface area contributed by atoms with Gasteiger partial charge in [0.25, 0.3) is 0 Å². The maximum atomic E-state index is 13.3. The number of H-pyrrole nitrogens is 1. The largest absolute Gasteiger partial charge is 0.369 e. The summed E-state index contributed by atoms with van der Waals surface area (Å²) in [7, 11) is 0. The Kier molecular flexibility index (Phi) is 4.69. The summed E-state index contributed by atoms with van der Waals surface area (Å²) in [6, 6.07) is 6.59. The Labute approximate surface area is 151 Å². The van der Waals surface area contributed by atoms with Crippen LogP contribution in [-0.4, -0.2) is 39.6 Å². The zero-order chi connectivity index (χ0) is 17.9. The van der Waals surface area contributed by atoms with E-state index >= 15 is 0 Å². The monoisotopic (exact) mass is 354 g/mol. The lowest BCUT2D eigenvalue weighted by Crippen LogP contribution is -2.34. The summed E-state index contributed by atoms with van der Waals surface area (Å²) in [4.78, 5) is 18.7. The highest BCUT2D eigenvalue weighted by molar-refractivity contribution is 5.74. The van der Waals surface area contributed by atoms with Gasteiger partial charge in [0.1, 0.15) is 29.6 Å². The van der Waals surface area contributed by atoms with Gasteiger partial charge in [-0.2, -0.15) is 0 Å². The van der Waals surface area contributed by atoms with Crippen molar-refractivity contribution in [3.63, 3.8) is 0 Å². The smallest absolute Gasteiger partial charge is 0.134 e. The third-order valence-corrected chi connectivity index (χ3v) is 4.79. The number of fused-ring (bicyclic) bond motifs is 1. The highest BCUT2D eigenvalue weighted by atomic mass is 19.1. The van der Waals surface area contributed by atoms with Gasteiger partial charge in [-0.15, -0.1) is 0 Å². The van der Waals surface area contributed by atoms with Gasteiger partial charge in [-0.05, 0) is 37.0 Å². The number of piperidine rings is 1. The van der Waals surface area contributed by atoms with Gasteiger partial charge in [0.05, 0.1) is 11.0 Å². The Morgan fingerprint density at radius 2 is 2.23 bits per heavy atom. The van der Waals surface area contributed by atoms with Crippen LogP contribution in [-0.2, 0) is 6.42 Å². The first-order valence-corrected chi connectivity index (χ1v) is 9.12. The molecule has 3 aromatic rings. The molecule has 1 aromatic carbocycles. The fourth-order valence-corrected chi connectivity index (χ4v) is 3.48. The molecule has 0 saturated carbocycles. The predicted molar refractivity (Wildman–Crippen MR) is 101 cm³/mol. The molecular formula is C19H23FN6. The van der Waals surface area contributed by atoms with Crippen LogP contribution in [0.2, 0.25) is 0 Å². The van der Waals surface area contributed by atoms with Crippen LogP contribution in [0.3, 0.4) is 0 Å². The van der Waals surface area contributed by atoms with Gasteiger partial charge in [-0.3, -0.25) is 0 Å². The molecule has 7 heteroatoms. The molecule has 2 N–H and O–H groups in total. The first-order chi connectivity index (χ1) is 12.7. The zero-order valence-corrected chi connectivity index (χ0v) is 14.9. The second-order valence-corrected chi connectivity index (χ2v) is 6.98. The molecule has 0 spiro atoms. The molecule has 1 saturated heterocycles. The highest BCUT2D eigenvalue weighted by Gasteiger charge is 2.17. The number of nitrogens with one attached hydrogen (secondary N) is 2. The number of halogens is 1. The minimum atomic E-state index is -0.258. The molecule has 0 amide bonds. The first kappa shape index (κ1) is 16.8. The van der Waals surface area contributed by atoms with E-state index < -0.39 is 0 Å². The summed E-state index contributed by atoms with van der Waals surface area (Å²) in [5.74, 6) is 3.07. The van der Waals surface area contributed by atoms with Crippen LogP contribution >= 0.6 is 0 Å². The lowest BCUT2D eigenvalue weighted by molar-refractivity contribution is 0.444. The number of hydrogen-bond donors (Lipinski definition) is 2. The van der Waals surface area contributed by atoms with E-state index in [2.05, 4.69) is 37.1 Å². The van der Waals surface area contributed by atoms with Gasteiger partial charge >= 0.3 is 0 Å². The molecule has 1 aliphatic rings. The Bertz CT molecular complexity index is 893. The molecule has 0 bridgehead atoms. The van der Waals surface area contributed by atoms with Crippen LogP contribution in [0.5, 0.6) is 0 Å². The topological polar surface area (TPSA) is 69.7 Å². The summed E-state index contributed by atoms with van der Waals surface area (Å²) in [6.45, 7) is 5.07. The number of aromatic amines is 1.